The van der Waals surface area contributed by atoms with Crippen molar-refractivity contribution in [3.63, 3.8) is 0 Å². The molecule has 0 heterocycles. The van der Waals surface area contributed by atoms with E-state index in [2.05, 4.69) is 11.9 Å². The van der Waals surface area contributed by atoms with Crippen LogP contribution in [0.1, 0.15) is 6.92 Å². The van der Waals surface area contributed by atoms with Gasteiger partial charge < -0.3 is 25.7 Å². The third-order valence-electron chi connectivity index (χ3n) is 1.92. The zero-order valence-electron chi connectivity index (χ0n) is 8.50. The van der Waals surface area contributed by atoms with Gasteiger partial charge in [-0.05, 0) is 0 Å². The van der Waals surface area contributed by atoms with Crippen molar-refractivity contribution in [1.29, 1.82) is 0 Å². The fourth-order valence-corrected chi connectivity index (χ4v) is 1.07. The fourth-order valence-electron chi connectivity index (χ4n) is 1.07. The van der Waals surface area contributed by atoms with Crippen molar-refractivity contribution < 1.29 is 25.2 Å². The van der Waals surface area contributed by atoms with Gasteiger partial charge in [-0.2, -0.15) is 0 Å². The van der Waals surface area contributed by atoms with Gasteiger partial charge in [0, 0.05) is 6.92 Å². The summed E-state index contributed by atoms with van der Waals surface area (Å²) in [5, 5.41) is 38.8. The van der Waals surface area contributed by atoms with Gasteiger partial charge in [0.25, 0.3) is 0 Å². The van der Waals surface area contributed by atoms with Crippen molar-refractivity contribution in [2.45, 2.75) is 31.3 Å². The molecule has 0 aromatic carbocycles. The minimum atomic E-state index is -1.55. The van der Waals surface area contributed by atoms with Gasteiger partial charge in [-0.3, -0.25) is 4.79 Å². The predicted molar refractivity (Wildman–Crippen MR) is 52.9 cm³/mol. The van der Waals surface area contributed by atoms with E-state index < -0.39 is 36.9 Å². The second kappa shape index (κ2) is 6.52. The van der Waals surface area contributed by atoms with Crippen LogP contribution in [0, 0.1) is 0 Å². The van der Waals surface area contributed by atoms with Crippen LogP contribution in [0.4, 0.5) is 0 Å². The van der Waals surface area contributed by atoms with Crippen LogP contribution >= 0.6 is 0 Å². The number of carbonyl (C=O) groups excluding carboxylic acids is 1. The second-order valence-electron chi connectivity index (χ2n) is 3.19. The molecule has 0 fully saturated rings. The Labute approximate surface area is 87.9 Å². The van der Waals surface area contributed by atoms with E-state index in [0.717, 1.165) is 0 Å². The summed E-state index contributed by atoms with van der Waals surface area (Å²) in [6, 6.07) is -0.876. The molecule has 0 rings (SSSR count). The van der Waals surface area contributed by atoms with Gasteiger partial charge in [0.15, 0.2) is 0 Å². The Morgan fingerprint density at radius 1 is 1.40 bits per heavy atom. The van der Waals surface area contributed by atoms with Crippen LogP contribution in [-0.2, 0) is 4.79 Å². The second-order valence-corrected chi connectivity index (χ2v) is 3.19. The van der Waals surface area contributed by atoms with Crippen molar-refractivity contribution in [1.82, 2.24) is 5.32 Å². The van der Waals surface area contributed by atoms with Gasteiger partial charge in [0.1, 0.15) is 18.3 Å². The van der Waals surface area contributed by atoms with E-state index in [-0.39, 0.29) is 0 Å². The summed E-state index contributed by atoms with van der Waals surface area (Å²) in [6.45, 7) is 3.94. The lowest BCUT2D eigenvalue weighted by molar-refractivity contribution is -0.122. The Hall–Kier alpha value is -0.950. The Balaban J connectivity index is 4.42. The molecule has 0 aliphatic carbocycles. The molecule has 0 bridgehead atoms. The first kappa shape index (κ1) is 14.1. The van der Waals surface area contributed by atoms with E-state index in [4.69, 9.17) is 10.2 Å². The van der Waals surface area contributed by atoms with E-state index in [1.165, 1.54) is 13.0 Å². The minimum Gasteiger partial charge on any atom is -0.394 e. The number of carbonyl (C=O) groups is 1. The number of hydrogen-bond acceptors (Lipinski definition) is 5. The first-order valence-electron chi connectivity index (χ1n) is 4.48. The third kappa shape index (κ3) is 4.39. The minimum absolute atomic E-state index is 0.398. The molecule has 6 heteroatoms. The van der Waals surface area contributed by atoms with Crippen LogP contribution in [0.15, 0.2) is 12.7 Å². The number of hydrogen-bond donors (Lipinski definition) is 5. The van der Waals surface area contributed by atoms with Crippen LogP contribution in [0.2, 0.25) is 0 Å². The zero-order valence-corrected chi connectivity index (χ0v) is 8.50. The molecule has 0 aliphatic heterocycles. The molecule has 15 heavy (non-hydrogen) atoms. The highest BCUT2D eigenvalue weighted by atomic mass is 16.4. The number of nitrogens with one attached hydrogen (secondary N) is 1. The standard InChI is InChI=1S/C9H17NO5/c1-3-6(10-5(2)12)8(14)9(15)7(13)4-11/h3,6-9,11,13-15H,1,4H2,2H3,(H,10,12)/t6-,7-,8-,9-/m0/s1. The number of aliphatic hydroxyl groups is 4. The molecule has 0 aliphatic rings. The van der Waals surface area contributed by atoms with Crippen molar-refractivity contribution in [3.8, 4) is 0 Å². The molecule has 0 radical (unpaired) electrons. The first-order valence-corrected chi connectivity index (χ1v) is 4.48. The van der Waals surface area contributed by atoms with E-state index in [0.29, 0.717) is 0 Å². The Morgan fingerprint density at radius 2 is 1.93 bits per heavy atom. The molecular weight excluding hydrogens is 202 g/mol. The van der Waals surface area contributed by atoms with Gasteiger partial charge in [0.05, 0.1) is 12.6 Å². The van der Waals surface area contributed by atoms with Gasteiger partial charge >= 0.3 is 0 Å². The molecule has 0 saturated heterocycles. The smallest absolute Gasteiger partial charge is 0.217 e. The number of aliphatic hydroxyl groups excluding tert-OH is 4. The van der Waals surface area contributed by atoms with Gasteiger partial charge in [0.2, 0.25) is 5.91 Å². The van der Waals surface area contributed by atoms with Gasteiger partial charge in [-0.25, -0.2) is 0 Å². The van der Waals surface area contributed by atoms with Crippen LogP contribution in [0.25, 0.3) is 0 Å². The van der Waals surface area contributed by atoms with Gasteiger partial charge in [-0.1, -0.05) is 6.08 Å². The summed E-state index contributed by atoms with van der Waals surface area (Å²) < 4.78 is 0. The topological polar surface area (TPSA) is 110 Å². The summed E-state index contributed by atoms with van der Waals surface area (Å²) in [5.41, 5.74) is 0. The summed E-state index contributed by atoms with van der Waals surface area (Å²) in [5.74, 6) is -0.398. The quantitative estimate of drug-likeness (QED) is 0.324. The highest BCUT2D eigenvalue weighted by Gasteiger charge is 2.29. The van der Waals surface area contributed by atoms with Crippen molar-refractivity contribution in [2.75, 3.05) is 6.61 Å². The highest BCUT2D eigenvalue weighted by molar-refractivity contribution is 5.73. The zero-order chi connectivity index (χ0) is 12.0. The Kier molecular flexibility index (Phi) is 6.11. The Morgan fingerprint density at radius 3 is 2.27 bits per heavy atom. The maximum absolute atomic E-state index is 10.7. The normalized spacial score (nSPS) is 18.7. The molecule has 88 valence electrons. The summed E-state index contributed by atoms with van der Waals surface area (Å²) >= 11 is 0. The third-order valence-corrected chi connectivity index (χ3v) is 1.92. The molecule has 6 nitrogen and oxygen atoms in total. The predicted octanol–water partition coefficient (Wildman–Crippen LogP) is -2.25. The largest absolute Gasteiger partial charge is 0.394 e. The van der Waals surface area contributed by atoms with Gasteiger partial charge in [-0.15, -0.1) is 6.58 Å². The van der Waals surface area contributed by atoms with Crippen LogP contribution in [-0.4, -0.2) is 57.3 Å². The maximum atomic E-state index is 10.7. The summed E-state index contributed by atoms with van der Waals surface area (Å²) in [6.07, 6.45) is -3.20. The summed E-state index contributed by atoms with van der Waals surface area (Å²) in [7, 11) is 0. The number of rotatable bonds is 6. The van der Waals surface area contributed by atoms with E-state index in [9.17, 15) is 15.0 Å². The van der Waals surface area contributed by atoms with E-state index in [1.807, 2.05) is 0 Å². The van der Waals surface area contributed by atoms with Crippen LogP contribution < -0.4 is 5.32 Å². The maximum Gasteiger partial charge on any atom is 0.217 e. The molecule has 0 spiro atoms. The average molecular weight is 219 g/mol. The molecule has 5 N–H and O–H groups in total. The highest BCUT2D eigenvalue weighted by Crippen LogP contribution is 2.05. The fraction of sp³-hybridized carbons (Fsp3) is 0.667. The SMILES string of the molecule is C=C[C@H](NC(C)=O)[C@H](O)[C@@H](O)[C@@H](O)CO. The molecule has 4 atom stereocenters. The van der Waals surface area contributed by atoms with E-state index >= 15 is 0 Å². The van der Waals surface area contributed by atoms with E-state index in [1.54, 1.807) is 0 Å². The first-order chi connectivity index (χ1) is 6.93. The lowest BCUT2D eigenvalue weighted by atomic mass is 10.0. The molecule has 0 unspecified atom stereocenters. The van der Waals surface area contributed by atoms with Crippen LogP contribution in [0.3, 0.4) is 0 Å². The van der Waals surface area contributed by atoms with Crippen molar-refractivity contribution in [3.05, 3.63) is 12.7 Å². The monoisotopic (exact) mass is 219 g/mol. The lowest BCUT2D eigenvalue weighted by Crippen LogP contribution is -2.51. The molecule has 0 aromatic heterocycles. The van der Waals surface area contributed by atoms with Crippen molar-refractivity contribution >= 4 is 5.91 Å². The molecule has 1 amide bonds. The average Bonchev–Trinajstić information content (AvgIpc) is 2.22. The van der Waals surface area contributed by atoms with Crippen molar-refractivity contribution in [2.24, 2.45) is 0 Å². The van der Waals surface area contributed by atoms with Crippen LogP contribution in [0.5, 0.6) is 0 Å². The Bertz CT molecular complexity index is 221. The summed E-state index contributed by atoms with van der Waals surface area (Å²) in [4.78, 5) is 10.7. The molecule has 0 saturated carbocycles. The lowest BCUT2D eigenvalue weighted by Gasteiger charge is -2.27. The number of amides is 1. The molecule has 0 aromatic rings. The molecular formula is C9H17NO5.